The molecule has 0 N–H and O–H groups in total. The van der Waals surface area contributed by atoms with Gasteiger partial charge in [0.15, 0.2) is 0 Å². The van der Waals surface area contributed by atoms with Crippen LogP contribution in [0.2, 0.25) is 0 Å². The van der Waals surface area contributed by atoms with Crippen LogP contribution in [0.4, 0.5) is 0 Å². The molecule has 0 saturated carbocycles. The minimum absolute atomic E-state index is 0.815. The first-order valence-electron chi connectivity index (χ1n) is 4.33. The Labute approximate surface area is 73.6 Å². The van der Waals surface area contributed by atoms with Gasteiger partial charge in [-0.15, -0.1) is 0 Å². The minimum Gasteiger partial charge on any atom is -0.192 e. The second-order valence-corrected chi connectivity index (χ2v) is 2.81. The molecule has 0 saturated heterocycles. The fourth-order valence-electron chi connectivity index (χ4n) is 1.27. The number of aryl methyl sites for hydroxylation is 2. The van der Waals surface area contributed by atoms with Crippen LogP contribution in [-0.2, 0) is 12.8 Å². The fraction of sp³-hybridized carbons (Fsp3) is 0.364. The van der Waals surface area contributed by atoms with Gasteiger partial charge in [-0.3, -0.25) is 0 Å². The van der Waals surface area contributed by atoms with E-state index < -0.39 is 0 Å². The van der Waals surface area contributed by atoms with Gasteiger partial charge in [-0.25, -0.2) is 0 Å². The van der Waals surface area contributed by atoms with Gasteiger partial charge in [0.05, 0.1) is 11.6 Å². The lowest BCUT2D eigenvalue weighted by molar-refractivity contribution is 1.08. The Balaban J connectivity index is 3.13. The Kier molecular flexibility index (Phi) is 2.88. The maximum atomic E-state index is 8.76. The summed E-state index contributed by atoms with van der Waals surface area (Å²) >= 11 is 0. The predicted molar refractivity (Wildman–Crippen MR) is 49.9 cm³/mol. The van der Waals surface area contributed by atoms with Crippen LogP contribution in [0.1, 0.15) is 30.5 Å². The number of rotatable bonds is 2. The van der Waals surface area contributed by atoms with E-state index >= 15 is 0 Å². The summed E-state index contributed by atoms with van der Waals surface area (Å²) in [7, 11) is 0. The first-order chi connectivity index (χ1) is 5.81. The summed E-state index contributed by atoms with van der Waals surface area (Å²) in [4.78, 5) is 0. The standard InChI is InChI=1S/C11H13N/c1-3-9-5-6-11(8-12)10(4-2)7-9/h5-7H,3-4H2,1-2H3. The molecular formula is C11H13N. The second kappa shape index (κ2) is 3.92. The smallest absolute Gasteiger partial charge is 0.0994 e. The van der Waals surface area contributed by atoms with Gasteiger partial charge in [-0.2, -0.15) is 5.26 Å². The molecule has 0 unspecified atom stereocenters. The highest BCUT2D eigenvalue weighted by Gasteiger charge is 1.99. The van der Waals surface area contributed by atoms with Gasteiger partial charge in [-0.1, -0.05) is 26.0 Å². The number of nitriles is 1. The molecule has 0 fully saturated rings. The zero-order valence-corrected chi connectivity index (χ0v) is 7.59. The van der Waals surface area contributed by atoms with Gasteiger partial charge < -0.3 is 0 Å². The molecule has 1 rings (SSSR count). The summed E-state index contributed by atoms with van der Waals surface area (Å²) in [5, 5.41) is 8.76. The highest BCUT2D eigenvalue weighted by atomic mass is 14.2. The van der Waals surface area contributed by atoms with E-state index in [2.05, 4.69) is 26.0 Å². The normalized spacial score (nSPS) is 9.42. The lowest BCUT2D eigenvalue weighted by Gasteiger charge is -2.02. The molecule has 0 aliphatic heterocycles. The molecular weight excluding hydrogens is 146 g/mol. The van der Waals surface area contributed by atoms with Crippen LogP contribution in [-0.4, -0.2) is 0 Å². The largest absolute Gasteiger partial charge is 0.192 e. The monoisotopic (exact) mass is 159 g/mol. The maximum Gasteiger partial charge on any atom is 0.0994 e. The van der Waals surface area contributed by atoms with Crippen molar-refractivity contribution in [1.29, 1.82) is 5.26 Å². The Morgan fingerprint density at radius 2 is 2.00 bits per heavy atom. The molecule has 1 heteroatoms. The highest BCUT2D eigenvalue weighted by molar-refractivity contribution is 5.40. The lowest BCUT2D eigenvalue weighted by atomic mass is 10.0. The summed E-state index contributed by atoms with van der Waals surface area (Å²) in [5.41, 5.74) is 3.29. The van der Waals surface area contributed by atoms with Gasteiger partial charge in [0, 0.05) is 0 Å². The van der Waals surface area contributed by atoms with Crippen LogP contribution < -0.4 is 0 Å². The Hall–Kier alpha value is -1.29. The first kappa shape index (κ1) is 8.80. The van der Waals surface area contributed by atoms with Crippen molar-refractivity contribution in [3.8, 4) is 6.07 Å². The van der Waals surface area contributed by atoms with Crippen molar-refractivity contribution in [2.75, 3.05) is 0 Å². The molecule has 1 aromatic rings. The summed E-state index contributed by atoms with van der Waals surface area (Å²) in [5.74, 6) is 0. The first-order valence-corrected chi connectivity index (χ1v) is 4.33. The number of nitrogens with zero attached hydrogens (tertiary/aromatic N) is 1. The van der Waals surface area contributed by atoms with Gasteiger partial charge >= 0.3 is 0 Å². The van der Waals surface area contributed by atoms with Crippen molar-refractivity contribution in [3.63, 3.8) is 0 Å². The van der Waals surface area contributed by atoms with E-state index in [1.807, 2.05) is 12.1 Å². The Morgan fingerprint density at radius 3 is 2.50 bits per heavy atom. The molecule has 1 aromatic carbocycles. The van der Waals surface area contributed by atoms with Crippen LogP contribution in [0.5, 0.6) is 0 Å². The molecule has 0 amide bonds. The topological polar surface area (TPSA) is 23.8 Å². The van der Waals surface area contributed by atoms with E-state index in [1.165, 1.54) is 5.56 Å². The van der Waals surface area contributed by atoms with E-state index in [0.29, 0.717) is 0 Å². The average Bonchev–Trinajstić information content (AvgIpc) is 2.16. The molecule has 1 nitrogen and oxygen atoms in total. The second-order valence-electron chi connectivity index (χ2n) is 2.81. The van der Waals surface area contributed by atoms with Crippen LogP contribution >= 0.6 is 0 Å². The number of hydrogen-bond donors (Lipinski definition) is 0. The molecule has 0 spiro atoms. The summed E-state index contributed by atoms with van der Waals surface area (Å²) in [6, 6.07) is 8.26. The van der Waals surface area contributed by atoms with Gasteiger partial charge in [0.2, 0.25) is 0 Å². The van der Waals surface area contributed by atoms with Crippen molar-refractivity contribution in [2.45, 2.75) is 26.7 Å². The maximum absolute atomic E-state index is 8.76. The van der Waals surface area contributed by atoms with Crippen LogP contribution in [0, 0.1) is 11.3 Å². The third-order valence-corrected chi connectivity index (χ3v) is 2.08. The molecule has 0 bridgehead atoms. The Bertz CT molecular complexity index is 307. The SMILES string of the molecule is CCc1ccc(C#N)c(CC)c1. The van der Waals surface area contributed by atoms with Gasteiger partial charge in [0.1, 0.15) is 0 Å². The number of hydrogen-bond acceptors (Lipinski definition) is 1. The van der Waals surface area contributed by atoms with E-state index in [0.717, 1.165) is 24.0 Å². The molecule has 0 aliphatic carbocycles. The van der Waals surface area contributed by atoms with Crippen LogP contribution in [0.25, 0.3) is 0 Å². The van der Waals surface area contributed by atoms with Gasteiger partial charge in [0.25, 0.3) is 0 Å². The molecule has 0 radical (unpaired) electrons. The molecule has 62 valence electrons. The zero-order valence-electron chi connectivity index (χ0n) is 7.59. The summed E-state index contributed by atoms with van der Waals surface area (Å²) < 4.78 is 0. The third-order valence-electron chi connectivity index (χ3n) is 2.08. The molecule has 12 heavy (non-hydrogen) atoms. The van der Waals surface area contributed by atoms with Crippen molar-refractivity contribution < 1.29 is 0 Å². The molecule has 0 aliphatic rings. The molecule has 0 heterocycles. The Morgan fingerprint density at radius 1 is 1.25 bits per heavy atom. The summed E-state index contributed by atoms with van der Waals surface area (Å²) in [6.07, 6.45) is 1.98. The minimum atomic E-state index is 0.815. The quantitative estimate of drug-likeness (QED) is 0.650. The van der Waals surface area contributed by atoms with E-state index in [1.54, 1.807) is 0 Å². The predicted octanol–water partition coefficient (Wildman–Crippen LogP) is 2.68. The molecule has 0 atom stereocenters. The average molecular weight is 159 g/mol. The number of benzene rings is 1. The van der Waals surface area contributed by atoms with Gasteiger partial charge in [-0.05, 0) is 30.0 Å². The van der Waals surface area contributed by atoms with E-state index in [-0.39, 0.29) is 0 Å². The van der Waals surface area contributed by atoms with E-state index in [9.17, 15) is 0 Å². The summed E-state index contributed by atoms with van der Waals surface area (Å²) in [6.45, 7) is 4.20. The fourth-order valence-corrected chi connectivity index (χ4v) is 1.27. The third kappa shape index (κ3) is 1.65. The zero-order chi connectivity index (χ0) is 8.97. The van der Waals surface area contributed by atoms with Crippen LogP contribution in [0.3, 0.4) is 0 Å². The van der Waals surface area contributed by atoms with E-state index in [4.69, 9.17) is 5.26 Å². The lowest BCUT2D eigenvalue weighted by Crippen LogP contribution is -1.90. The van der Waals surface area contributed by atoms with Crippen molar-refractivity contribution in [2.24, 2.45) is 0 Å². The van der Waals surface area contributed by atoms with Crippen molar-refractivity contribution in [1.82, 2.24) is 0 Å². The van der Waals surface area contributed by atoms with Crippen molar-refractivity contribution >= 4 is 0 Å². The highest BCUT2D eigenvalue weighted by Crippen LogP contribution is 2.12. The van der Waals surface area contributed by atoms with Crippen molar-refractivity contribution in [3.05, 3.63) is 34.9 Å². The van der Waals surface area contributed by atoms with Crippen LogP contribution in [0.15, 0.2) is 18.2 Å². The molecule has 0 aromatic heterocycles.